The second-order valence-electron chi connectivity index (χ2n) is 2.91. The van der Waals surface area contributed by atoms with E-state index in [1.165, 1.54) is 23.6 Å². The summed E-state index contributed by atoms with van der Waals surface area (Å²) in [5.41, 5.74) is 5.99. The molecule has 2 aromatic rings. The Labute approximate surface area is 90.3 Å². The van der Waals surface area contributed by atoms with Gasteiger partial charge in [-0.2, -0.15) is 0 Å². The van der Waals surface area contributed by atoms with E-state index >= 15 is 0 Å². The zero-order chi connectivity index (χ0) is 10.7. The van der Waals surface area contributed by atoms with E-state index in [0.717, 1.165) is 0 Å². The molecule has 1 aromatic heterocycles. The first kappa shape index (κ1) is 9.92. The highest BCUT2D eigenvalue weighted by atomic mass is 32.1. The summed E-state index contributed by atoms with van der Waals surface area (Å²) in [6.45, 7) is 0.166. The molecule has 5 heteroatoms. The van der Waals surface area contributed by atoms with E-state index in [2.05, 4.69) is 4.98 Å². The molecule has 0 saturated carbocycles. The predicted octanol–water partition coefficient (Wildman–Crippen LogP) is 2.44. The van der Waals surface area contributed by atoms with Gasteiger partial charge in [0, 0.05) is 5.56 Å². The molecule has 78 valence electrons. The molecular formula is C10H9FN2OS. The molecule has 2 N–H and O–H groups in total. The molecule has 15 heavy (non-hydrogen) atoms. The Morgan fingerprint density at radius 2 is 2.20 bits per heavy atom. The molecule has 0 radical (unpaired) electrons. The highest BCUT2D eigenvalue weighted by Gasteiger charge is 2.03. The van der Waals surface area contributed by atoms with Gasteiger partial charge in [0.2, 0.25) is 0 Å². The van der Waals surface area contributed by atoms with Crippen molar-refractivity contribution >= 4 is 16.3 Å². The van der Waals surface area contributed by atoms with Gasteiger partial charge in [-0.15, -0.1) is 0 Å². The van der Waals surface area contributed by atoms with Crippen LogP contribution in [0.4, 0.5) is 9.39 Å². The average Bonchev–Trinajstić information content (AvgIpc) is 2.63. The van der Waals surface area contributed by atoms with Crippen molar-refractivity contribution in [2.45, 2.75) is 6.61 Å². The maximum atomic E-state index is 13.2. The van der Waals surface area contributed by atoms with Gasteiger partial charge in [-0.3, -0.25) is 0 Å². The molecule has 2 rings (SSSR count). The molecule has 0 fully saturated rings. The fourth-order valence-corrected chi connectivity index (χ4v) is 1.62. The van der Waals surface area contributed by atoms with E-state index in [4.69, 9.17) is 10.5 Å². The third kappa shape index (κ3) is 2.44. The molecule has 0 unspecified atom stereocenters. The third-order valence-corrected chi connectivity index (χ3v) is 2.55. The molecule has 0 saturated heterocycles. The Kier molecular flexibility index (Phi) is 2.82. The molecule has 1 aromatic carbocycles. The lowest BCUT2D eigenvalue weighted by atomic mass is 10.2. The Morgan fingerprint density at radius 1 is 1.40 bits per heavy atom. The molecule has 1 heterocycles. The van der Waals surface area contributed by atoms with Crippen molar-refractivity contribution in [2.24, 2.45) is 0 Å². The van der Waals surface area contributed by atoms with Gasteiger partial charge in [-0.1, -0.05) is 29.5 Å². The summed E-state index contributed by atoms with van der Waals surface area (Å²) >= 11 is 1.23. The van der Waals surface area contributed by atoms with Crippen LogP contribution < -0.4 is 10.5 Å². The summed E-state index contributed by atoms with van der Waals surface area (Å²) in [4.78, 5) is 3.91. The number of anilines is 1. The summed E-state index contributed by atoms with van der Waals surface area (Å²) in [5.74, 6) is -0.276. The van der Waals surface area contributed by atoms with Crippen molar-refractivity contribution in [3.05, 3.63) is 41.8 Å². The quantitative estimate of drug-likeness (QED) is 0.871. The van der Waals surface area contributed by atoms with E-state index in [1.54, 1.807) is 18.2 Å². The van der Waals surface area contributed by atoms with E-state index in [0.29, 0.717) is 15.8 Å². The molecule has 0 atom stereocenters. The summed E-state index contributed by atoms with van der Waals surface area (Å²) in [6, 6.07) is 6.47. The number of aromatic nitrogens is 1. The predicted molar refractivity (Wildman–Crippen MR) is 57.3 cm³/mol. The molecule has 0 aliphatic carbocycles. The number of halogens is 1. The number of ether oxygens (including phenoxy) is 1. The van der Waals surface area contributed by atoms with Crippen LogP contribution in [0.25, 0.3) is 0 Å². The van der Waals surface area contributed by atoms with Crippen LogP contribution in [0, 0.1) is 5.82 Å². The highest BCUT2D eigenvalue weighted by Crippen LogP contribution is 2.23. The van der Waals surface area contributed by atoms with Gasteiger partial charge in [0.15, 0.2) is 0 Å². The molecule has 0 bridgehead atoms. The van der Waals surface area contributed by atoms with Crippen molar-refractivity contribution in [1.82, 2.24) is 4.98 Å². The number of benzene rings is 1. The maximum absolute atomic E-state index is 13.2. The van der Waals surface area contributed by atoms with E-state index in [1.807, 2.05) is 0 Å². The summed E-state index contributed by atoms with van der Waals surface area (Å²) in [7, 11) is 0. The smallest absolute Gasteiger partial charge is 0.275 e. The van der Waals surface area contributed by atoms with Crippen molar-refractivity contribution < 1.29 is 9.13 Å². The standard InChI is InChI=1S/C10H9FN2OS/c11-8-4-2-1-3-7(8)6-14-10-13-5-9(12)15-10/h1-5H,6,12H2. The first-order chi connectivity index (χ1) is 7.25. The normalized spacial score (nSPS) is 10.2. The maximum Gasteiger partial charge on any atom is 0.275 e. The van der Waals surface area contributed by atoms with Crippen LogP contribution in [0.3, 0.4) is 0 Å². The SMILES string of the molecule is Nc1cnc(OCc2ccccc2F)s1. The van der Waals surface area contributed by atoms with Gasteiger partial charge in [0.1, 0.15) is 17.4 Å². The minimum absolute atomic E-state index is 0.166. The average molecular weight is 224 g/mol. The first-order valence-corrected chi connectivity index (χ1v) is 5.15. The van der Waals surface area contributed by atoms with Gasteiger partial charge < -0.3 is 10.5 Å². The van der Waals surface area contributed by atoms with Crippen LogP contribution in [0.5, 0.6) is 5.19 Å². The number of hydrogen-bond acceptors (Lipinski definition) is 4. The fraction of sp³-hybridized carbons (Fsp3) is 0.100. The molecule has 0 amide bonds. The molecule has 0 aliphatic rings. The van der Waals surface area contributed by atoms with Crippen LogP contribution in [0.1, 0.15) is 5.56 Å². The van der Waals surface area contributed by atoms with Crippen molar-refractivity contribution in [2.75, 3.05) is 5.73 Å². The number of nitrogens with two attached hydrogens (primary N) is 1. The second-order valence-corrected chi connectivity index (χ2v) is 3.93. The number of hydrogen-bond donors (Lipinski definition) is 1. The topological polar surface area (TPSA) is 48.1 Å². The Bertz CT molecular complexity index is 458. The highest BCUT2D eigenvalue weighted by molar-refractivity contribution is 7.17. The fourth-order valence-electron chi connectivity index (χ4n) is 1.09. The number of nitrogens with zero attached hydrogens (tertiary/aromatic N) is 1. The van der Waals surface area contributed by atoms with Crippen LogP contribution >= 0.6 is 11.3 Å². The Morgan fingerprint density at radius 3 is 2.87 bits per heavy atom. The van der Waals surface area contributed by atoms with Gasteiger partial charge in [-0.25, -0.2) is 9.37 Å². The van der Waals surface area contributed by atoms with Gasteiger partial charge >= 0.3 is 0 Å². The minimum atomic E-state index is -0.276. The lowest BCUT2D eigenvalue weighted by Crippen LogP contribution is -1.97. The first-order valence-electron chi connectivity index (χ1n) is 4.33. The molecule has 0 spiro atoms. The zero-order valence-corrected chi connectivity index (χ0v) is 8.63. The van der Waals surface area contributed by atoms with Crippen molar-refractivity contribution in [1.29, 1.82) is 0 Å². The summed E-state index contributed by atoms with van der Waals surface area (Å²) in [6.07, 6.45) is 1.52. The largest absolute Gasteiger partial charge is 0.465 e. The second kappa shape index (κ2) is 4.27. The minimum Gasteiger partial charge on any atom is -0.465 e. The zero-order valence-electron chi connectivity index (χ0n) is 7.81. The Balaban J connectivity index is 2.02. The molecule has 3 nitrogen and oxygen atoms in total. The Hall–Kier alpha value is -1.62. The van der Waals surface area contributed by atoms with Crippen LogP contribution in [0.2, 0.25) is 0 Å². The van der Waals surface area contributed by atoms with Crippen LogP contribution in [-0.4, -0.2) is 4.98 Å². The number of thiazole rings is 1. The molecular weight excluding hydrogens is 215 g/mol. The monoisotopic (exact) mass is 224 g/mol. The summed E-state index contributed by atoms with van der Waals surface area (Å²) < 4.78 is 18.5. The van der Waals surface area contributed by atoms with E-state index in [9.17, 15) is 4.39 Å². The van der Waals surface area contributed by atoms with Crippen LogP contribution in [-0.2, 0) is 6.61 Å². The summed E-state index contributed by atoms with van der Waals surface area (Å²) in [5, 5.41) is 1.04. The van der Waals surface area contributed by atoms with Crippen LogP contribution in [0.15, 0.2) is 30.5 Å². The lowest BCUT2D eigenvalue weighted by molar-refractivity contribution is 0.298. The number of rotatable bonds is 3. The van der Waals surface area contributed by atoms with Gasteiger partial charge in [-0.05, 0) is 6.07 Å². The van der Waals surface area contributed by atoms with Gasteiger partial charge in [0.25, 0.3) is 5.19 Å². The van der Waals surface area contributed by atoms with Crippen molar-refractivity contribution in [3.8, 4) is 5.19 Å². The van der Waals surface area contributed by atoms with Crippen molar-refractivity contribution in [3.63, 3.8) is 0 Å². The van der Waals surface area contributed by atoms with E-state index in [-0.39, 0.29) is 12.4 Å². The lowest BCUT2D eigenvalue weighted by Gasteiger charge is -2.02. The van der Waals surface area contributed by atoms with Gasteiger partial charge in [0.05, 0.1) is 6.20 Å². The third-order valence-electron chi connectivity index (χ3n) is 1.81. The van der Waals surface area contributed by atoms with E-state index < -0.39 is 0 Å². The number of nitrogen functional groups attached to an aromatic ring is 1. The molecule has 0 aliphatic heterocycles.